The van der Waals surface area contributed by atoms with Crippen molar-refractivity contribution in [1.82, 2.24) is 24.3 Å². The summed E-state index contributed by atoms with van der Waals surface area (Å²) in [7, 11) is 2.22. The fraction of sp³-hybridized carbons (Fsp3) is 0.459. The first kappa shape index (κ1) is 31.6. The Hall–Kier alpha value is -3.95. The van der Waals surface area contributed by atoms with Gasteiger partial charge in [-0.1, -0.05) is 36.7 Å². The quantitative estimate of drug-likeness (QED) is 0.252. The normalized spacial score (nSPS) is 19.6. The second-order valence-corrected chi connectivity index (χ2v) is 14.3. The number of benzene rings is 2. The first-order valence-corrected chi connectivity index (χ1v) is 17.3. The summed E-state index contributed by atoms with van der Waals surface area (Å²) < 4.78 is 1.79. The number of pyridine rings is 1. The van der Waals surface area contributed by atoms with Crippen molar-refractivity contribution >= 4 is 45.9 Å². The van der Waals surface area contributed by atoms with E-state index >= 15 is 0 Å². The molecular formula is C37H44ClN7O2. The topological polar surface area (TPSA) is 86.6 Å². The molecule has 0 bridgehead atoms. The number of aromatic nitrogens is 3. The van der Waals surface area contributed by atoms with E-state index in [4.69, 9.17) is 21.6 Å². The molecule has 0 aliphatic carbocycles. The van der Waals surface area contributed by atoms with E-state index in [-0.39, 0.29) is 17.5 Å². The minimum atomic E-state index is -0.218. The predicted molar refractivity (Wildman–Crippen MR) is 190 cm³/mol. The van der Waals surface area contributed by atoms with Crippen LogP contribution in [0.1, 0.15) is 56.2 Å². The number of nitrogens with one attached hydrogen (secondary N) is 1. The Morgan fingerprint density at radius 2 is 1.85 bits per heavy atom. The van der Waals surface area contributed by atoms with Crippen molar-refractivity contribution in [1.29, 1.82) is 0 Å². The lowest BCUT2D eigenvalue weighted by Crippen LogP contribution is -2.60. The molecule has 1 atom stereocenters. The molecule has 0 saturated carbocycles. The number of halogens is 1. The number of hydrogen-bond donors (Lipinski definition) is 1. The third kappa shape index (κ3) is 5.89. The summed E-state index contributed by atoms with van der Waals surface area (Å²) >= 11 is 6.64. The Kier molecular flexibility index (Phi) is 8.47. The van der Waals surface area contributed by atoms with Gasteiger partial charge in [0.1, 0.15) is 5.65 Å². The lowest BCUT2D eigenvalue weighted by Gasteiger charge is -2.55. The van der Waals surface area contributed by atoms with Gasteiger partial charge in [-0.25, -0.2) is 4.98 Å². The number of anilines is 3. The van der Waals surface area contributed by atoms with Crippen molar-refractivity contribution in [2.45, 2.75) is 58.9 Å². The standard InChI is InChI=1S/C37H44ClN7O2/c1-5-32(46)43-16-8-9-27(21-43)45-34-29(25(3)33(35(45)47)28-10-6-7-11-30(28)38)20-39-36(41-34)40-26-12-13-31(24(2)19-26)44-22-37(23-44)14-17-42(4)18-15-37/h6-7,10-13,19-20,27H,5,8-9,14-18,21-23H2,1-4H3,(H,39,40,41)/t27-/m0/s1. The van der Waals surface area contributed by atoms with Crippen molar-refractivity contribution in [2.24, 2.45) is 5.41 Å². The second-order valence-electron chi connectivity index (χ2n) is 13.9. The van der Waals surface area contributed by atoms with Crippen LogP contribution in [0.15, 0.2) is 53.5 Å². The van der Waals surface area contributed by atoms with Gasteiger partial charge >= 0.3 is 0 Å². The van der Waals surface area contributed by atoms with E-state index in [1.54, 1.807) is 16.8 Å². The van der Waals surface area contributed by atoms with Gasteiger partial charge in [0, 0.05) is 71.6 Å². The first-order valence-electron chi connectivity index (χ1n) is 16.9. The maximum absolute atomic E-state index is 14.5. The number of rotatable bonds is 6. The van der Waals surface area contributed by atoms with E-state index in [0.29, 0.717) is 52.7 Å². The minimum absolute atomic E-state index is 0.0982. The van der Waals surface area contributed by atoms with E-state index in [1.807, 2.05) is 36.9 Å². The highest BCUT2D eigenvalue weighted by molar-refractivity contribution is 6.33. The molecule has 3 fully saturated rings. The summed E-state index contributed by atoms with van der Waals surface area (Å²) in [5.74, 6) is 0.523. The molecule has 3 aliphatic heterocycles. The Labute approximate surface area is 281 Å². The Balaban J connectivity index is 1.23. The van der Waals surface area contributed by atoms with Crippen LogP contribution in [-0.2, 0) is 4.79 Å². The summed E-state index contributed by atoms with van der Waals surface area (Å²) in [6, 6.07) is 13.6. The van der Waals surface area contributed by atoms with Crippen molar-refractivity contribution in [3.8, 4) is 11.1 Å². The maximum atomic E-state index is 14.5. The summed E-state index contributed by atoms with van der Waals surface area (Å²) in [6.07, 6.45) is 6.38. The molecule has 0 unspecified atom stereocenters. The second kappa shape index (κ2) is 12.6. The van der Waals surface area contributed by atoms with Gasteiger partial charge in [0.2, 0.25) is 11.9 Å². The van der Waals surface area contributed by atoms with Crippen LogP contribution in [0.25, 0.3) is 22.2 Å². The van der Waals surface area contributed by atoms with Crippen molar-refractivity contribution in [2.75, 3.05) is 56.5 Å². The Morgan fingerprint density at radius 3 is 2.57 bits per heavy atom. The summed E-state index contributed by atoms with van der Waals surface area (Å²) in [6.45, 7) is 11.8. The SMILES string of the molecule is CCC(=O)N1CCC[C@H](n2c(=O)c(-c3ccccc3Cl)c(C)c3cnc(Nc4ccc(N5CC6(CCN(C)CC6)C5)c(C)c4)nc32)C1. The number of amides is 1. The maximum Gasteiger partial charge on any atom is 0.260 e. The molecule has 3 aliphatic rings. The van der Waals surface area contributed by atoms with Gasteiger partial charge in [-0.3, -0.25) is 14.2 Å². The predicted octanol–water partition coefficient (Wildman–Crippen LogP) is 6.58. The number of hydrogen-bond acceptors (Lipinski definition) is 7. The molecule has 10 heteroatoms. The molecule has 2 aromatic carbocycles. The van der Waals surface area contributed by atoms with Crippen LogP contribution >= 0.6 is 11.6 Å². The van der Waals surface area contributed by atoms with Crippen LogP contribution in [0.2, 0.25) is 5.02 Å². The first-order chi connectivity index (χ1) is 22.7. The summed E-state index contributed by atoms with van der Waals surface area (Å²) in [5, 5.41) is 4.72. The number of aryl methyl sites for hydroxylation is 2. The van der Waals surface area contributed by atoms with Gasteiger partial charge in [-0.2, -0.15) is 4.98 Å². The van der Waals surface area contributed by atoms with Crippen LogP contribution < -0.4 is 15.8 Å². The number of piperidine rings is 2. The zero-order valence-electron chi connectivity index (χ0n) is 27.9. The molecule has 5 heterocycles. The molecular weight excluding hydrogens is 610 g/mol. The smallest absolute Gasteiger partial charge is 0.260 e. The van der Waals surface area contributed by atoms with Crippen LogP contribution in [0.3, 0.4) is 0 Å². The lowest BCUT2D eigenvalue weighted by molar-refractivity contribution is -0.132. The zero-order valence-corrected chi connectivity index (χ0v) is 28.6. The van der Waals surface area contributed by atoms with Gasteiger partial charge in [-0.15, -0.1) is 0 Å². The number of nitrogens with zero attached hydrogens (tertiary/aromatic N) is 6. The van der Waals surface area contributed by atoms with E-state index in [0.717, 1.165) is 42.6 Å². The number of carbonyl (C=O) groups excluding carboxylic acids is 1. The number of likely N-dealkylation sites (tertiary alicyclic amines) is 2. The van der Waals surface area contributed by atoms with Crippen LogP contribution in [0, 0.1) is 19.3 Å². The molecule has 4 aromatic rings. The number of fused-ring (bicyclic) bond motifs is 1. The summed E-state index contributed by atoms with van der Waals surface area (Å²) in [4.78, 5) is 43.7. The Morgan fingerprint density at radius 1 is 1.09 bits per heavy atom. The average molecular weight is 654 g/mol. The van der Waals surface area contributed by atoms with Crippen LogP contribution in [0.5, 0.6) is 0 Å². The highest BCUT2D eigenvalue weighted by Crippen LogP contribution is 2.43. The monoisotopic (exact) mass is 653 g/mol. The molecule has 7 rings (SSSR count). The molecule has 1 spiro atoms. The van der Waals surface area contributed by atoms with E-state index in [9.17, 15) is 9.59 Å². The zero-order chi connectivity index (χ0) is 32.9. The minimum Gasteiger partial charge on any atom is -0.370 e. The van der Waals surface area contributed by atoms with Crippen LogP contribution in [0.4, 0.5) is 17.3 Å². The molecule has 1 N–H and O–H groups in total. The fourth-order valence-electron chi connectivity index (χ4n) is 7.89. The van der Waals surface area contributed by atoms with Crippen molar-refractivity contribution in [3.63, 3.8) is 0 Å². The third-order valence-corrected chi connectivity index (χ3v) is 11.0. The van der Waals surface area contributed by atoms with Crippen molar-refractivity contribution < 1.29 is 4.79 Å². The van der Waals surface area contributed by atoms with Gasteiger partial charge in [0.15, 0.2) is 0 Å². The van der Waals surface area contributed by atoms with Crippen LogP contribution in [-0.4, -0.2) is 76.6 Å². The van der Waals surface area contributed by atoms with Gasteiger partial charge < -0.3 is 20.0 Å². The molecule has 0 radical (unpaired) electrons. The highest BCUT2D eigenvalue weighted by atomic mass is 35.5. The molecule has 1 amide bonds. The van der Waals surface area contributed by atoms with E-state index < -0.39 is 0 Å². The molecule has 2 aromatic heterocycles. The Bertz CT molecular complexity index is 1890. The van der Waals surface area contributed by atoms with E-state index in [2.05, 4.69) is 47.3 Å². The molecule has 246 valence electrons. The average Bonchev–Trinajstić information content (AvgIpc) is 3.05. The van der Waals surface area contributed by atoms with Gasteiger partial charge in [0.25, 0.3) is 5.56 Å². The largest absolute Gasteiger partial charge is 0.370 e. The molecule has 47 heavy (non-hydrogen) atoms. The summed E-state index contributed by atoms with van der Waals surface area (Å²) in [5.41, 5.74) is 6.28. The van der Waals surface area contributed by atoms with Crippen molar-refractivity contribution in [3.05, 3.63) is 75.2 Å². The third-order valence-electron chi connectivity index (χ3n) is 10.7. The van der Waals surface area contributed by atoms with Gasteiger partial charge in [-0.05, 0) is 95.1 Å². The molecule has 9 nitrogen and oxygen atoms in total. The lowest BCUT2D eigenvalue weighted by atomic mass is 9.71. The van der Waals surface area contributed by atoms with Gasteiger partial charge in [0.05, 0.1) is 11.6 Å². The van der Waals surface area contributed by atoms with E-state index in [1.165, 1.54) is 37.2 Å². The fourth-order valence-corrected chi connectivity index (χ4v) is 8.12. The highest BCUT2D eigenvalue weighted by Gasteiger charge is 2.44. The molecule has 3 saturated heterocycles. The number of carbonyl (C=O) groups is 1.